The highest BCUT2D eigenvalue weighted by atomic mass is 15.1. The Bertz CT molecular complexity index is 588. The van der Waals surface area contributed by atoms with E-state index in [0.29, 0.717) is 0 Å². The fraction of sp³-hybridized carbons (Fsp3) is 0.188. The van der Waals surface area contributed by atoms with Crippen molar-refractivity contribution < 1.29 is 0 Å². The SMILES string of the molecule is CN(C/C=C/C#N)Cc1cccc2ccccc12. The van der Waals surface area contributed by atoms with Gasteiger partial charge in [-0.05, 0) is 23.4 Å². The Kier molecular flexibility index (Phi) is 4.11. The van der Waals surface area contributed by atoms with Crippen molar-refractivity contribution >= 4 is 10.8 Å². The summed E-state index contributed by atoms with van der Waals surface area (Å²) in [4.78, 5) is 2.19. The van der Waals surface area contributed by atoms with E-state index in [1.165, 1.54) is 22.4 Å². The van der Waals surface area contributed by atoms with Gasteiger partial charge < -0.3 is 0 Å². The quantitative estimate of drug-likeness (QED) is 0.761. The minimum Gasteiger partial charge on any atom is -0.298 e. The number of hydrogen-bond donors (Lipinski definition) is 0. The predicted octanol–water partition coefficient (Wildman–Crippen LogP) is 3.35. The van der Waals surface area contributed by atoms with Crippen molar-refractivity contribution in [2.75, 3.05) is 13.6 Å². The van der Waals surface area contributed by atoms with Crippen LogP contribution in [0.25, 0.3) is 10.8 Å². The highest BCUT2D eigenvalue weighted by molar-refractivity contribution is 5.85. The second kappa shape index (κ2) is 6.00. The third-order valence-electron chi connectivity index (χ3n) is 2.93. The average Bonchev–Trinajstić information content (AvgIpc) is 2.39. The van der Waals surface area contributed by atoms with Crippen LogP contribution in [0.1, 0.15) is 5.56 Å². The maximum atomic E-state index is 8.45. The largest absolute Gasteiger partial charge is 0.298 e. The minimum atomic E-state index is 0.788. The van der Waals surface area contributed by atoms with E-state index in [2.05, 4.69) is 54.4 Å². The molecule has 0 saturated carbocycles. The normalized spacial score (nSPS) is 11.2. The van der Waals surface area contributed by atoms with Crippen LogP contribution in [-0.2, 0) is 6.54 Å². The van der Waals surface area contributed by atoms with E-state index in [1.54, 1.807) is 0 Å². The standard InChI is InChI=1S/C16H16N2/c1-18(12-5-4-11-17)13-15-9-6-8-14-7-2-3-10-16(14)15/h2-10H,12-13H2,1H3/b5-4+. The lowest BCUT2D eigenvalue weighted by atomic mass is 10.0. The first kappa shape index (κ1) is 12.3. The van der Waals surface area contributed by atoms with Gasteiger partial charge in [-0.3, -0.25) is 4.90 Å². The van der Waals surface area contributed by atoms with Gasteiger partial charge in [-0.15, -0.1) is 0 Å². The highest BCUT2D eigenvalue weighted by Gasteiger charge is 2.02. The number of allylic oxidation sites excluding steroid dienone is 1. The Morgan fingerprint density at radius 2 is 1.94 bits per heavy atom. The maximum Gasteiger partial charge on any atom is 0.0909 e. The molecule has 0 aromatic heterocycles. The Labute approximate surface area is 108 Å². The number of benzene rings is 2. The van der Waals surface area contributed by atoms with Crippen LogP contribution in [0.15, 0.2) is 54.6 Å². The zero-order valence-corrected chi connectivity index (χ0v) is 10.5. The van der Waals surface area contributed by atoms with Crippen molar-refractivity contribution in [1.82, 2.24) is 4.90 Å². The second-order valence-electron chi connectivity index (χ2n) is 4.37. The zero-order chi connectivity index (χ0) is 12.8. The number of fused-ring (bicyclic) bond motifs is 1. The number of nitriles is 1. The van der Waals surface area contributed by atoms with Gasteiger partial charge >= 0.3 is 0 Å². The summed E-state index contributed by atoms with van der Waals surface area (Å²) in [6, 6.07) is 16.8. The average molecular weight is 236 g/mol. The van der Waals surface area contributed by atoms with Crippen molar-refractivity contribution in [3.63, 3.8) is 0 Å². The summed E-state index contributed by atoms with van der Waals surface area (Å²) < 4.78 is 0. The Hall–Kier alpha value is -2.11. The van der Waals surface area contributed by atoms with Crippen molar-refractivity contribution in [2.24, 2.45) is 0 Å². The summed E-state index contributed by atoms with van der Waals surface area (Å²) in [5.74, 6) is 0. The molecule has 90 valence electrons. The van der Waals surface area contributed by atoms with Gasteiger partial charge in [-0.1, -0.05) is 48.5 Å². The molecule has 0 aliphatic carbocycles. The first-order chi connectivity index (χ1) is 8.81. The Morgan fingerprint density at radius 3 is 2.78 bits per heavy atom. The van der Waals surface area contributed by atoms with Crippen LogP contribution in [0, 0.1) is 11.3 Å². The van der Waals surface area contributed by atoms with Crippen LogP contribution >= 0.6 is 0 Å². The molecule has 0 bridgehead atoms. The molecule has 0 atom stereocenters. The third kappa shape index (κ3) is 2.97. The molecule has 0 N–H and O–H groups in total. The summed E-state index contributed by atoms with van der Waals surface area (Å²) in [6.45, 7) is 1.67. The fourth-order valence-electron chi connectivity index (χ4n) is 2.07. The van der Waals surface area contributed by atoms with Gasteiger partial charge in [0.25, 0.3) is 0 Å². The molecule has 2 rings (SSSR count). The molecule has 0 saturated heterocycles. The van der Waals surface area contributed by atoms with Gasteiger partial charge in [0.15, 0.2) is 0 Å². The van der Waals surface area contributed by atoms with Crippen molar-refractivity contribution in [3.8, 4) is 6.07 Å². The molecule has 0 amide bonds. The van der Waals surface area contributed by atoms with E-state index in [0.717, 1.165) is 13.1 Å². The van der Waals surface area contributed by atoms with Crippen LogP contribution in [0.3, 0.4) is 0 Å². The Morgan fingerprint density at radius 1 is 1.17 bits per heavy atom. The molecular weight excluding hydrogens is 220 g/mol. The summed E-state index contributed by atoms with van der Waals surface area (Å²) in [5, 5.41) is 11.0. The number of hydrogen-bond acceptors (Lipinski definition) is 2. The lowest BCUT2D eigenvalue weighted by Gasteiger charge is -2.15. The molecule has 0 radical (unpaired) electrons. The summed E-state index contributed by atoms with van der Waals surface area (Å²) in [5.41, 5.74) is 1.32. The van der Waals surface area contributed by atoms with Crippen LogP contribution in [0.2, 0.25) is 0 Å². The van der Waals surface area contributed by atoms with Crippen LogP contribution < -0.4 is 0 Å². The van der Waals surface area contributed by atoms with Gasteiger partial charge in [-0.2, -0.15) is 5.26 Å². The summed E-state index contributed by atoms with van der Waals surface area (Å²) in [6.07, 6.45) is 3.41. The van der Waals surface area contributed by atoms with Gasteiger partial charge in [0.2, 0.25) is 0 Å². The molecule has 0 aliphatic rings. The van der Waals surface area contributed by atoms with Crippen molar-refractivity contribution in [1.29, 1.82) is 5.26 Å². The number of nitrogens with zero attached hydrogens (tertiary/aromatic N) is 2. The zero-order valence-electron chi connectivity index (χ0n) is 10.5. The molecule has 2 aromatic carbocycles. The van der Waals surface area contributed by atoms with Gasteiger partial charge in [0.05, 0.1) is 6.07 Å². The van der Waals surface area contributed by atoms with E-state index >= 15 is 0 Å². The van der Waals surface area contributed by atoms with E-state index < -0.39 is 0 Å². The first-order valence-corrected chi connectivity index (χ1v) is 6.01. The van der Waals surface area contributed by atoms with Crippen LogP contribution in [-0.4, -0.2) is 18.5 Å². The maximum absolute atomic E-state index is 8.45. The predicted molar refractivity (Wildman–Crippen MR) is 75.0 cm³/mol. The monoisotopic (exact) mass is 236 g/mol. The molecule has 0 spiro atoms. The van der Waals surface area contributed by atoms with E-state index in [1.807, 2.05) is 12.1 Å². The van der Waals surface area contributed by atoms with Gasteiger partial charge in [-0.25, -0.2) is 0 Å². The van der Waals surface area contributed by atoms with E-state index in [9.17, 15) is 0 Å². The molecular formula is C16H16N2. The fourth-order valence-corrected chi connectivity index (χ4v) is 2.07. The third-order valence-corrected chi connectivity index (χ3v) is 2.93. The molecule has 2 heteroatoms. The number of likely N-dealkylation sites (N-methyl/N-ethyl adjacent to an activating group) is 1. The van der Waals surface area contributed by atoms with Crippen LogP contribution in [0.4, 0.5) is 0 Å². The molecule has 0 fully saturated rings. The van der Waals surface area contributed by atoms with Gasteiger partial charge in [0, 0.05) is 19.2 Å². The number of rotatable bonds is 4. The summed E-state index contributed by atoms with van der Waals surface area (Å²) >= 11 is 0. The molecule has 0 unspecified atom stereocenters. The molecule has 0 heterocycles. The van der Waals surface area contributed by atoms with Crippen molar-refractivity contribution in [2.45, 2.75) is 6.54 Å². The van der Waals surface area contributed by atoms with Crippen LogP contribution in [0.5, 0.6) is 0 Å². The molecule has 18 heavy (non-hydrogen) atoms. The topological polar surface area (TPSA) is 27.0 Å². The Balaban J connectivity index is 2.17. The summed E-state index contributed by atoms with van der Waals surface area (Å²) in [7, 11) is 2.06. The lowest BCUT2D eigenvalue weighted by Crippen LogP contribution is -2.17. The minimum absolute atomic E-state index is 0.788. The van der Waals surface area contributed by atoms with E-state index in [-0.39, 0.29) is 0 Å². The molecule has 2 aromatic rings. The van der Waals surface area contributed by atoms with E-state index in [4.69, 9.17) is 5.26 Å². The highest BCUT2D eigenvalue weighted by Crippen LogP contribution is 2.19. The van der Waals surface area contributed by atoms with Gasteiger partial charge in [0.1, 0.15) is 0 Å². The second-order valence-corrected chi connectivity index (χ2v) is 4.37. The molecule has 0 aliphatic heterocycles. The van der Waals surface area contributed by atoms with Crippen molar-refractivity contribution in [3.05, 3.63) is 60.2 Å². The lowest BCUT2D eigenvalue weighted by molar-refractivity contribution is 0.365. The first-order valence-electron chi connectivity index (χ1n) is 6.01. The smallest absolute Gasteiger partial charge is 0.0909 e. The molecule has 2 nitrogen and oxygen atoms in total.